The third kappa shape index (κ3) is 4.54. The number of carbonyl (C=O) groups excluding carboxylic acids is 2. The summed E-state index contributed by atoms with van der Waals surface area (Å²) >= 11 is 0. The Morgan fingerprint density at radius 1 is 0.731 bits per heavy atom. The van der Waals surface area contributed by atoms with E-state index in [0.29, 0.717) is 5.56 Å². The molecular formula is C23H18O3. The number of ketones is 1. The minimum absolute atomic E-state index is 0.0123. The zero-order valence-corrected chi connectivity index (χ0v) is 14.2. The summed E-state index contributed by atoms with van der Waals surface area (Å²) in [5.74, 6) is -0.987. The zero-order chi connectivity index (χ0) is 18.2. The monoisotopic (exact) mass is 342 g/mol. The van der Waals surface area contributed by atoms with Crippen molar-refractivity contribution in [2.24, 2.45) is 0 Å². The largest absolute Gasteiger partial charge is 0.457 e. The Hall–Kier alpha value is -3.46. The Morgan fingerprint density at radius 3 is 1.88 bits per heavy atom. The molecule has 0 aliphatic heterocycles. The Balaban J connectivity index is 1.86. The molecule has 0 radical (unpaired) electrons. The molecule has 3 heteroatoms. The number of ether oxygens (including phenoxy) is 1. The van der Waals surface area contributed by atoms with Crippen LogP contribution >= 0.6 is 0 Å². The molecule has 0 aromatic heterocycles. The summed E-state index contributed by atoms with van der Waals surface area (Å²) in [5.41, 5.74) is 2.10. The van der Waals surface area contributed by atoms with E-state index in [1.165, 1.54) is 0 Å². The van der Waals surface area contributed by atoms with Gasteiger partial charge in [0.25, 0.3) is 0 Å². The van der Waals surface area contributed by atoms with E-state index in [2.05, 4.69) is 0 Å². The van der Waals surface area contributed by atoms with Gasteiger partial charge in [-0.05, 0) is 17.2 Å². The molecule has 0 fully saturated rings. The molecule has 0 aliphatic rings. The van der Waals surface area contributed by atoms with E-state index in [1.54, 1.807) is 30.3 Å². The highest BCUT2D eigenvalue weighted by Gasteiger charge is 2.21. The van der Waals surface area contributed by atoms with E-state index >= 15 is 0 Å². The van der Waals surface area contributed by atoms with Crippen molar-refractivity contribution in [3.05, 3.63) is 113 Å². The highest BCUT2D eigenvalue weighted by molar-refractivity contribution is 6.26. The van der Waals surface area contributed by atoms with Crippen LogP contribution in [0.4, 0.5) is 0 Å². The minimum Gasteiger partial charge on any atom is -0.457 e. The first-order valence-corrected chi connectivity index (χ1v) is 8.31. The Kier molecular flexibility index (Phi) is 5.73. The molecule has 0 saturated carbocycles. The minimum atomic E-state index is -0.633. The molecule has 128 valence electrons. The van der Waals surface area contributed by atoms with Crippen molar-refractivity contribution in [1.82, 2.24) is 0 Å². The second-order valence-corrected chi connectivity index (χ2v) is 5.73. The SMILES string of the molecule is O=C(OCc1ccccc1)C(=Cc1ccccc1)C(=O)c1ccccc1. The summed E-state index contributed by atoms with van der Waals surface area (Å²) in [4.78, 5) is 25.5. The Morgan fingerprint density at radius 2 is 1.27 bits per heavy atom. The van der Waals surface area contributed by atoms with Crippen LogP contribution in [-0.4, -0.2) is 11.8 Å². The lowest BCUT2D eigenvalue weighted by atomic mass is 10.0. The van der Waals surface area contributed by atoms with Crippen molar-refractivity contribution in [3.8, 4) is 0 Å². The molecule has 0 unspecified atom stereocenters. The van der Waals surface area contributed by atoms with Crippen LogP contribution in [0, 0.1) is 0 Å². The molecule has 0 aliphatic carbocycles. The average Bonchev–Trinajstić information content (AvgIpc) is 2.72. The quantitative estimate of drug-likeness (QED) is 0.214. The van der Waals surface area contributed by atoms with E-state index in [-0.39, 0.29) is 18.0 Å². The first kappa shape index (κ1) is 17.4. The van der Waals surface area contributed by atoms with Gasteiger partial charge >= 0.3 is 5.97 Å². The van der Waals surface area contributed by atoms with Crippen LogP contribution < -0.4 is 0 Å². The maximum absolute atomic E-state index is 12.8. The first-order valence-electron chi connectivity index (χ1n) is 8.31. The summed E-state index contributed by atoms with van der Waals surface area (Å²) in [6.07, 6.45) is 1.57. The topological polar surface area (TPSA) is 43.4 Å². The summed E-state index contributed by atoms with van der Waals surface area (Å²) in [6.45, 7) is 0.119. The molecule has 0 atom stereocenters. The Labute approximate surface area is 152 Å². The van der Waals surface area contributed by atoms with Crippen LogP contribution in [0.3, 0.4) is 0 Å². The van der Waals surface area contributed by atoms with E-state index in [1.807, 2.05) is 66.7 Å². The third-order valence-electron chi connectivity index (χ3n) is 3.82. The normalized spacial score (nSPS) is 11.0. The lowest BCUT2D eigenvalue weighted by Gasteiger charge is -2.08. The zero-order valence-electron chi connectivity index (χ0n) is 14.2. The van der Waals surface area contributed by atoms with Gasteiger partial charge in [-0.1, -0.05) is 91.0 Å². The van der Waals surface area contributed by atoms with Crippen LogP contribution in [0.2, 0.25) is 0 Å². The van der Waals surface area contributed by atoms with Gasteiger partial charge in [0.05, 0.1) is 0 Å². The fourth-order valence-corrected chi connectivity index (χ4v) is 2.48. The van der Waals surface area contributed by atoms with E-state index < -0.39 is 5.97 Å². The van der Waals surface area contributed by atoms with Gasteiger partial charge in [-0.15, -0.1) is 0 Å². The predicted octanol–water partition coefficient (Wildman–Crippen LogP) is 4.70. The van der Waals surface area contributed by atoms with Crippen molar-refractivity contribution in [3.63, 3.8) is 0 Å². The number of esters is 1. The maximum Gasteiger partial charge on any atom is 0.342 e. The van der Waals surface area contributed by atoms with Gasteiger partial charge in [-0.3, -0.25) is 4.79 Å². The number of hydrogen-bond donors (Lipinski definition) is 0. The highest BCUT2D eigenvalue weighted by Crippen LogP contribution is 2.15. The van der Waals surface area contributed by atoms with Crippen molar-refractivity contribution in [2.45, 2.75) is 6.61 Å². The summed E-state index contributed by atoms with van der Waals surface area (Å²) in [7, 11) is 0. The van der Waals surface area contributed by atoms with Gasteiger partial charge < -0.3 is 4.74 Å². The molecule has 3 aromatic rings. The van der Waals surface area contributed by atoms with Crippen molar-refractivity contribution in [1.29, 1.82) is 0 Å². The van der Waals surface area contributed by atoms with Crippen LogP contribution in [0.15, 0.2) is 96.6 Å². The van der Waals surface area contributed by atoms with Crippen LogP contribution in [0.25, 0.3) is 6.08 Å². The summed E-state index contributed by atoms with van der Waals surface area (Å²) in [6, 6.07) is 27.4. The molecule has 0 spiro atoms. The van der Waals surface area contributed by atoms with Crippen LogP contribution in [0.5, 0.6) is 0 Å². The average molecular weight is 342 g/mol. The fraction of sp³-hybridized carbons (Fsp3) is 0.0435. The van der Waals surface area contributed by atoms with E-state index in [9.17, 15) is 9.59 Å². The molecule has 0 saturated heterocycles. The summed E-state index contributed by atoms with van der Waals surface area (Å²) in [5, 5.41) is 0. The maximum atomic E-state index is 12.8. The van der Waals surface area contributed by atoms with Crippen molar-refractivity contribution in [2.75, 3.05) is 0 Å². The second kappa shape index (κ2) is 8.58. The van der Waals surface area contributed by atoms with Gasteiger partial charge in [0.1, 0.15) is 12.2 Å². The lowest BCUT2D eigenvalue weighted by molar-refractivity contribution is -0.139. The molecule has 0 bridgehead atoms. The number of benzene rings is 3. The van der Waals surface area contributed by atoms with Gasteiger partial charge in [-0.25, -0.2) is 4.79 Å². The van der Waals surface area contributed by atoms with Crippen LogP contribution in [0.1, 0.15) is 21.5 Å². The highest BCUT2D eigenvalue weighted by atomic mass is 16.5. The van der Waals surface area contributed by atoms with Gasteiger partial charge in [0, 0.05) is 5.56 Å². The molecule has 3 aromatic carbocycles. The van der Waals surface area contributed by atoms with Crippen molar-refractivity contribution >= 4 is 17.8 Å². The summed E-state index contributed by atoms with van der Waals surface area (Å²) < 4.78 is 5.38. The van der Waals surface area contributed by atoms with E-state index in [0.717, 1.165) is 11.1 Å². The molecule has 3 rings (SSSR count). The molecule has 0 heterocycles. The number of hydrogen-bond acceptors (Lipinski definition) is 3. The predicted molar refractivity (Wildman–Crippen MR) is 101 cm³/mol. The van der Waals surface area contributed by atoms with Gasteiger partial charge in [0.2, 0.25) is 0 Å². The Bertz CT molecular complexity index is 898. The molecule has 0 N–H and O–H groups in total. The fourth-order valence-electron chi connectivity index (χ4n) is 2.48. The van der Waals surface area contributed by atoms with Crippen molar-refractivity contribution < 1.29 is 14.3 Å². The van der Waals surface area contributed by atoms with Gasteiger partial charge in [0.15, 0.2) is 5.78 Å². The van der Waals surface area contributed by atoms with Crippen LogP contribution in [-0.2, 0) is 16.1 Å². The number of rotatable bonds is 6. The lowest BCUT2D eigenvalue weighted by Crippen LogP contribution is -2.16. The number of Topliss-reactive ketones (excluding diaryl/α,β-unsaturated/α-hetero) is 1. The first-order chi connectivity index (χ1) is 12.7. The third-order valence-corrected chi connectivity index (χ3v) is 3.82. The molecule has 26 heavy (non-hydrogen) atoms. The number of carbonyl (C=O) groups is 2. The smallest absolute Gasteiger partial charge is 0.342 e. The van der Waals surface area contributed by atoms with Gasteiger partial charge in [-0.2, -0.15) is 0 Å². The van der Waals surface area contributed by atoms with E-state index in [4.69, 9.17) is 4.74 Å². The molecular weight excluding hydrogens is 324 g/mol. The molecule has 0 amide bonds. The second-order valence-electron chi connectivity index (χ2n) is 5.73. The molecule has 3 nitrogen and oxygen atoms in total. The standard InChI is InChI=1S/C23H18O3/c24-22(20-14-8-3-9-15-20)21(16-18-10-4-1-5-11-18)23(25)26-17-19-12-6-2-7-13-19/h1-16H,17H2.